The average molecular weight is 356 g/mol. The lowest BCUT2D eigenvalue weighted by Crippen LogP contribution is -2.43. The van der Waals surface area contributed by atoms with Crippen LogP contribution in [0.5, 0.6) is 0 Å². The monoisotopic (exact) mass is 356 g/mol. The van der Waals surface area contributed by atoms with Crippen LogP contribution in [-0.2, 0) is 11.3 Å². The van der Waals surface area contributed by atoms with Gasteiger partial charge in [0.05, 0.1) is 19.0 Å². The second-order valence-corrected chi connectivity index (χ2v) is 6.21. The van der Waals surface area contributed by atoms with Crippen molar-refractivity contribution >= 4 is 17.0 Å². The average Bonchev–Trinajstić information content (AvgIpc) is 3.23. The van der Waals surface area contributed by atoms with Crippen LogP contribution in [0.1, 0.15) is 11.8 Å². The molecule has 2 aromatic heterocycles. The minimum Gasteiger partial charge on any atom is -0.394 e. The predicted octanol–water partition coefficient (Wildman–Crippen LogP) is -0.182. The molecule has 5 N–H and O–H groups in total. The van der Waals surface area contributed by atoms with E-state index in [9.17, 15) is 10.2 Å². The Bertz CT molecular complexity index is 887. The molecule has 3 heterocycles. The number of hydrogen-bond donors (Lipinski definition) is 4. The third-order valence-corrected chi connectivity index (χ3v) is 4.60. The summed E-state index contributed by atoms with van der Waals surface area (Å²) in [5.41, 5.74) is 7.91. The molecule has 1 aliphatic heterocycles. The van der Waals surface area contributed by atoms with Crippen molar-refractivity contribution in [3.05, 3.63) is 48.5 Å². The number of hydrogen-bond acceptors (Lipinski definition) is 8. The lowest BCUT2D eigenvalue weighted by Gasteiger charge is -2.23. The van der Waals surface area contributed by atoms with Gasteiger partial charge in [0.1, 0.15) is 24.1 Å². The van der Waals surface area contributed by atoms with Crippen LogP contribution in [0.15, 0.2) is 43.0 Å². The van der Waals surface area contributed by atoms with Crippen LogP contribution in [0, 0.1) is 0 Å². The van der Waals surface area contributed by atoms with Gasteiger partial charge in [0.2, 0.25) is 0 Å². The minimum absolute atomic E-state index is 0.278. The molecule has 0 aliphatic carbocycles. The number of nitrogens with two attached hydrogens (primary N) is 1. The van der Waals surface area contributed by atoms with E-state index < -0.39 is 24.5 Å². The van der Waals surface area contributed by atoms with E-state index in [0.717, 1.165) is 5.56 Å². The van der Waals surface area contributed by atoms with E-state index in [1.54, 1.807) is 10.9 Å². The predicted molar refractivity (Wildman–Crippen MR) is 93.8 cm³/mol. The molecule has 0 bridgehead atoms. The molecule has 9 nitrogen and oxygen atoms in total. The number of fused-ring (bicyclic) bond motifs is 1. The number of rotatable bonds is 5. The third-order valence-electron chi connectivity index (χ3n) is 4.60. The zero-order chi connectivity index (χ0) is 18.1. The molecular weight excluding hydrogens is 336 g/mol. The molecule has 0 spiro atoms. The fourth-order valence-electron chi connectivity index (χ4n) is 3.24. The molecule has 0 amide bonds. The largest absolute Gasteiger partial charge is 0.394 e. The van der Waals surface area contributed by atoms with Gasteiger partial charge in [0, 0.05) is 6.54 Å². The number of imidazole rings is 1. The molecule has 0 saturated carbocycles. The highest BCUT2D eigenvalue weighted by molar-refractivity contribution is 5.81. The highest BCUT2D eigenvalue weighted by Gasteiger charge is 2.44. The number of nitrogens with one attached hydrogen (secondary N) is 1. The maximum atomic E-state index is 10.6. The van der Waals surface area contributed by atoms with E-state index in [1.807, 2.05) is 30.3 Å². The lowest BCUT2D eigenvalue weighted by molar-refractivity contribution is -0.0441. The number of nitrogens with zero attached hydrogens (tertiary/aromatic N) is 4. The first kappa shape index (κ1) is 16.9. The Morgan fingerprint density at radius 1 is 1.19 bits per heavy atom. The highest BCUT2D eigenvalue weighted by atomic mass is 16.5. The Morgan fingerprint density at radius 2 is 2.00 bits per heavy atom. The normalized spacial score (nSPS) is 25.8. The summed E-state index contributed by atoms with van der Waals surface area (Å²) < 4.78 is 7.58. The molecule has 0 radical (unpaired) electrons. The molecule has 9 heteroatoms. The molecule has 4 atom stereocenters. The number of nitrogen functional groups attached to an aromatic ring is 1. The Kier molecular flexibility index (Phi) is 4.51. The molecule has 26 heavy (non-hydrogen) atoms. The zero-order valence-corrected chi connectivity index (χ0v) is 13.9. The fourth-order valence-corrected chi connectivity index (χ4v) is 3.24. The van der Waals surface area contributed by atoms with Gasteiger partial charge < -0.3 is 26.0 Å². The first-order valence-electron chi connectivity index (χ1n) is 8.33. The lowest BCUT2D eigenvalue weighted by atomic mass is 10.1. The number of anilines is 1. The molecule has 1 saturated heterocycles. The summed E-state index contributed by atoms with van der Waals surface area (Å²) in [6.07, 6.45) is 0.738. The highest BCUT2D eigenvalue weighted by Crippen LogP contribution is 2.32. The van der Waals surface area contributed by atoms with E-state index in [1.165, 1.54) is 6.33 Å². The van der Waals surface area contributed by atoms with Gasteiger partial charge in [-0.3, -0.25) is 4.57 Å². The standard InChI is InChI=1S/C17H20N6O3/c18-15-13-16(21-8-20-15)23(9-22-13)17-12(14(25)11(7-24)26-17)19-6-10-4-2-1-3-5-10/h1-5,8-9,11-12,14,17,19,24-25H,6-7H2,(H2,18,20,21)/t11-,12-,14-,17-/m1/s1. The molecule has 1 aliphatic rings. The number of aromatic nitrogens is 4. The van der Waals surface area contributed by atoms with Crippen LogP contribution in [-0.4, -0.2) is 54.6 Å². The molecule has 0 unspecified atom stereocenters. The van der Waals surface area contributed by atoms with Crippen molar-refractivity contribution in [1.82, 2.24) is 24.8 Å². The van der Waals surface area contributed by atoms with Crippen LogP contribution in [0.4, 0.5) is 5.82 Å². The van der Waals surface area contributed by atoms with Gasteiger partial charge in [0.25, 0.3) is 0 Å². The van der Waals surface area contributed by atoms with Crippen molar-refractivity contribution in [3.8, 4) is 0 Å². The molecule has 136 valence electrons. The summed E-state index contributed by atoms with van der Waals surface area (Å²) in [6, 6.07) is 9.39. The van der Waals surface area contributed by atoms with Crippen molar-refractivity contribution in [2.75, 3.05) is 12.3 Å². The summed E-state index contributed by atoms with van der Waals surface area (Å²) >= 11 is 0. The van der Waals surface area contributed by atoms with E-state index in [-0.39, 0.29) is 12.4 Å². The van der Waals surface area contributed by atoms with Gasteiger partial charge in [0.15, 0.2) is 17.7 Å². The van der Waals surface area contributed by atoms with Gasteiger partial charge in [-0.05, 0) is 5.56 Å². The van der Waals surface area contributed by atoms with E-state index in [2.05, 4.69) is 20.3 Å². The first-order chi connectivity index (χ1) is 12.7. The first-order valence-corrected chi connectivity index (χ1v) is 8.33. The number of ether oxygens (including phenoxy) is 1. The van der Waals surface area contributed by atoms with E-state index in [0.29, 0.717) is 17.7 Å². The SMILES string of the molecule is Nc1ncnc2c1ncn2[C@@H]1O[C@H](CO)[C@@H](O)[C@H]1NCc1ccccc1. The molecular formula is C17H20N6O3. The number of aliphatic hydroxyl groups excluding tert-OH is 2. The molecule has 4 rings (SSSR count). The summed E-state index contributed by atoms with van der Waals surface area (Å²) in [6.45, 7) is 0.259. The Labute approximate surface area is 149 Å². The van der Waals surface area contributed by atoms with Crippen LogP contribution < -0.4 is 11.1 Å². The van der Waals surface area contributed by atoms with E-state index in [4.69, 9.17) is 10.5 Å². The molecule has 1 aromatic carbocycles. The minimum atomic E-state index is -0.884. The van der Waals surface area contributed by atoms with Gasteiger partial charge >= 0.3 is 0 Å². The van der Waals surface area contributed by atoms with Crippen molar-refractivity contribution in [2.24, 2.45) is 0 Å². The van der Waals surface area contributed by atoms with Gasteiger partial charge in [-0.2, -0.15) is 0 Å². The topological polar surface area (TPSA) is 131 Å². The van der Waals surface area contributed by atoms with Crippen LogP contribution >= 0.6 is 0 Å². The van der Waals surface area contributed by atoms with Crippen LogP contribution in [0.3, 0.4) is 0 Å². The number of benzene rings is 1. The van der Waals surface area contributed by atoms with Gasteiger partial charge in [-0.1, -0.05) is 30.3 Å². The smallest absolute Gasteiger partial charge is 0.167 e. The van der Waals surface area contributed by atoms with Gasteiger partial charge in [-0.15, -0.1) is 0 Å². The van der Waals surface area contributed by atoms with Crippen molar-refractivity contribution in [3.63, 3.8) is 0 Å². The third kappa shape index (κ3) is 2.90. The number of aliphatic hydroxyl groups is 2. The van der Waals surface area contributed by atoms with Crippen molar-refractivity contribution in [2.45, 2.75) is 31.0 Å². The Hall–Kier alpha value is -2.59. The van der Waals surface area contributed by atoms with Crippen molar-refractivity contribution < 1.29 is 14.9 Å². The van der Waals surface area contributed by atoms with Crippen LogP contribution in [0.2, 0.25) is 0 Å². The summed E-state index contributed by atoms with van der Waals surface area (Å²) in [7, 11) is 0. The maximum Gasteiger partial charge on any atom is 0.167 e. The quantitative estimate of drug-likeness (QED) is 0.495. The van der Waals surface area contributed by atoms with Crippen LogP contribution in [0.25, 0.3) is 11.2 Å². The molecule has 1 fully saturated rings. The maximum absolute atomic E-state index is 10.6. The second kappa shape index (κ2) is 6.96. The second-order valence-electron chi connectivity index (χ2n) is 6.21. The zero-order valence-electron chi connectivity index (χ0n) is 13.9. The van der Waals surface area contributed by atoms with Gasteiger partial charge in [-0.25, -0.2) is 15.0 Å². The van der Waals surface area contributed by atoms with E-state index >= 15 is 0 Å². The summed E-state index contributed by atoms with van der Waals surface area (Å²) in [4.78, 5) is 12.4. The Morgan fingerprint density at radius 3 is 2.77 bits per heavy atom. The fraction of sp³-hybridized carbons (Fsp3) is 0.353. The summed E-state index contributed by atoms with van der Waals surface area (Å²) in [5.74, 6) is 0.278. The Balaban J connectivity index is 1.64. The molecule has 3 aromatic rings. The summed E-state index contributed by atoms with van der Waals surface area (Å²) in [5, 5.41) is 23.4. The van der Waals surface area contributed by atoms with Crippen molar-refractivity contribution in [1.29, 1.82) is 0 Å².